The molecule has 0 saturated heterocycles. The number of ether oxygens (including phenoxy) is 4. The molecule has 9 heteroatoms. The minimum absolute atomic E-state index is 0.141. The summed E-state index contributed by atoms with van der Waals surface area (Å²) in [5, 5.41) is 11.8. The topological polar surface area (TPSA) is 111 Å². The van der Waals surface area contributed by atoms with Crippen molar-refractivity contribution in [1.29, 1.82) is 0 Å². The Kier molecular flexibility index (Phi) is 56.5. The van der Waals surface area contributed by atoms with E-state index in [4.69, 9.17) is 18.9 Å². The number of carboxylic acid groups (broad SMARTS) is 1. The maximum Gasteiger partial charge on any atom is 0.306 e. The van der Waals surface area contributed by atoms with Gasteiger partial charge in [0, 0.05) is 12.8 Å². The second kappa shape index (κ2) is 59.3. The molecule has 0 heterocycles. The molecular weight excluding hydrogens is 971 g/mol. The number of allylic oxidation sites excluding steroid dienone is 16. The molecule has 0 aliphatic heterocycles. The Morgan fingerprint density at radius 2 is 0.731 bits per heavy atom. The van der Waals surface area contributed by atoms with Crippen LogP contribution in [0.5, 0.6) is 0 Å². The first-order valence-electron chi connectivity index (χ1n) is 31.9. The Bertz CT molecular complexity index is 1600. The number of unbranched alkanes of at least 4 members (excludes halogenated alkanes) is 27. The zero-order chi connectivity index (χ0) is 56.9. The molecule has 0 rings (SSSR count). The summed E-state index contributed by atoms with van der Waals surface area (Å²) in [6.45, 7) is 4.64. The molecule has 0 bridgehead atoms. The van der Waals surface area contributed by atoms with Gasteiger partial charge in [0.05, 0.1) is 40.3 Å². The molecule has 0 aliphatic rings. The highest BCUT2D eigenvalue weighted by molar-refractivity contribution is 5.70. The summed E-state index contributed by atoms with van der Waals surface area (Å²) in [7, 11) is 5.92. The number of aliphatic carboxylic acids is 1. The smallest absolute Gasteiger partial charge is 0.306 e. The summed E-state index contributed by atoms with van der Waals surface area (Å²) in [6.07, 6.45) is 77.5. The van der Waals surface area contributed by atoms with Gasteiger partial charge in [-0.25, -0.2) is 0 Å². The van der Waals surface area contributed by atoms with Gasteiger partial charge >= 0.3 is 11.9 Å². The molecule has 0 aromatic rings. The minimum atomic E-state index is -1.63. The van der Waals surface area contributed by atoms with Crippen molar-refractivity contribution in [2.24, 2.45) is 0 Å². The van der Waals surface area contributed by atoms with E-state index in [9.17, 15) is 19.5 Å². The number of carboxylic acids is 1. The first kappa shape index (κ1) is 74.2. The Balaban J connectivity index is 4.25. The van der Waals surface area contributed by atoms with E-state index < -0.39 is 24.3 Å². The van der Waals surface area contributed by atoms with Crippen LogP contribution in [-0.2, 0) is 33.3 Å². The second-order valence-electron chi connectivity index (χ2n) is 22.3. The van der Waals surface area contributed by atoms with Crippen molar-refractivity contribution >= 4 is 17.9 Å². The van der Waals surface area contributed by atoms with Crippen LogP contribution >= 0.6 is 0 Å². The summed E-state index contributed by atoms with van der Waals surface area (Å²) in [5.74, 6) is -2.30. The van der Waals surface area contributed by atoms with Crippen molar-refractivity contribution in [3.63, 3.8) is 0 Å². The summed E-state index contributed by atoms with van der Waals surface area (Å²) < 4.78 is 22.7. The Morgan fingerprint density at radius 1 is 0.397 bits per heavy atom. The molecule has 2 atom stereocenters. The molecule has 2 unspecified atom stereocenters. The van der Waals surface area contributed by atoms with E-state index in [1.807, 2.05) is 21.1 Å². The number of esters is 2. The van der Waals surface area contributed by atoms with Crippen molar-refractivity contribution in [2.45, 2.75) is 277 Å². The van der Waals surface area contributed by atoms with Gasteiger partial charge in [-0.2, -0.15) is 0 Å². The molecule has 0 aromatic carbocycles. The van der Waals surface area contributed by atoms with Crippen LogP contribution in [-0.4, -0.2) is 82.3 Å². The third-order valence-corrected chi connectivity index (χ3v) is 13.6. The van der Waals surface area contributed by atoms with Gasteiger partial charge in [0.25, 0.3) is 0 Å². The predicted molar refractivity (Wildman–Crippen MR) is 329 cm³/mol. The zero-order valence-corrected chi connectivity index (χ0v) is 51.0. The molecule has 448 valence electrons. The predicted octanol–water partition coefficient (Wildman–Crippen LogP) is 18.0. The fourth-order valence-corrected chi connectivity index (χ4v) is 8.73. The highest BCUT2D eigenvalue weighted by Crippen LogP contribution is 2.17. The average molecular weight is 1090 g/mol. The maximum atomic E-state index is 12.9. The van der Waals surface area contributed by atoms with Crippen LogP contribution in [0.2, 0.25) is 0 Å². The van der Waals surface area contributed by atoms with Crippen LogP contribution in [0.4, 0.5) is 0 Å². The molecule has 0 amide bonds. The number of nitrogens with zero attached hydrogens (tertiary/aromatic N) is 1. The lowest BCUT2D eigenvalue weighted by Gasteiger charge is -2.26. The molecular formula is C69H119NO8. The van der Waals surface area contributed by atoms with Crippen molar-refractivity contribution in [1.82, 2.24) is 0 Å². The fraction of sp³-hybridized carbons (Fsp3) is 0.725. The summed E-state index contributed by atoms with van der Waals surface area (Å²) in [5.41, 5.74) is 0. The number of rotatable bonds is 58. The maximum absolute atomic E-state index is 12.9. The van der Waals surface area contributed by atoms with E-state index in [1.165, 1.54) is 122 Å². The van der Waals surface area contributed by atoms with Crippen molar-refractivity contribution in [3.8, 4) is 0 Å². The van der Waals surface area contributed by atoms with Crippen molar-refractivity contribution in [3.05, 3.63) is 97.2 Å². The van der Waals surface area contributed by atoms with Crippen LogP contribution < -0.4 is 5.11 Å². The van der Waals surface area contributed by atoms with E-state index in [2.05, 4.69) is 111 Å². The highest BCUT2D eigenvalue weighted by Gasteiger charge is 2.22. The third kappa shape index (κ3) is 59.9. The van der Waals surface area contributed by atoms with Crippen LogP contribution in [0.1, 0.15) is 264 Å². The van der Waals surface area contributed by atoms with Crippen LogP contribution in [0.3, 0.4) is 0 Å². The van der Waals surface area contributed by atoms with E-state index >= 15 is 0 Å². The van der Waals surface area contributed by atoms with E-state index in [0.717, 1.165) is 109 Å². The van der Waals surface area contributed by atoms with E-state index in [-0.39, 0.29) is 38.6 Å². The first-order chi connectivity index (χ1) is 38.1. The first-order valence-corrected chi connectivity index (χ1v) is 31.9. The lowest BCUT2D eigenvalue weighted by molar-refractivity contribution is -0.870. The normalized spacial score (nSPS) is 13.4. The van der Waals surface area contributed by atoms with Gasteiger partial charge in [-0.15, -0.1) is 0 Å². The molecule has 0 aromatic heterocycles. The second-order valence-corrected chi connectivity index (χ2v) is 22.3. The summed E-state index contributed by atoms with van der Waals surface area (Å²) in [6, 6.07) is 0. The van der Waals surface area contributed by atoms with Gasteiger partial charge in [0.15, 0.2) is 12.4 Å². The average Bonchev–Trinajstić information content (AvgIpc) is 3.41. The van der Waals surface area contributed by atoms with Crippen LogP contribution in [0.15, 0.2) is 97.2 Å². The van der Waals surface area contributed by atoms with Gasteiger partial charge < -0.3 is 33.3 Å². The molecule has 0 spiro atoms. The monoisotopic (exact) mass is 1090 g/mol. The highest BCUT2D eigenvalue weighted by atomic mass is 16.7. The van der Waals surface area contributed by atoms with E-state index in [1.54, 1.807) is 0 Å². The Hall–Kier alpha value is -3.79. The zero-order valence-electron chi connectivity index (χ0n) is 51.0. The molecule has 9 nitrogen and oxygen atoms in total. The summed E-state index contributed by atoms with van der Waals surface area (Å²) >= 11 is 0. The van der Waals surface area contributed by atoms with Gasteiger partial charge in [-0.3, -0.25) is 9.59 Å². The quantitative estimate of drug-likeness (QED) is 0.0195. The van der Waals surface area contributed by atoms with Gasteiger partial charge in [-0.05, 0) is 77.0 Å². The molecule has 0 N–H and O–H groups in total. The van der Waals surface area contributed by atoms with Crippen molar-refractivity contribution in [2.75, 3.05) is 47.5 Å². The number of hydrogen-bond acceptors (Lipinski definition) is 8. The van der Waals surface area contributed by atoms with Gasteiger partial charge in [0.2, 0.25) is 0 Å². The molecule has 0 fully saturated rings. The number of likely N-dealkylation sites (N-methyl/N-ethyl adjacent to an activating group) is 1. The molecule has 0 aliphatic carbocycles. The standard InChI is InChI=1S/C69H119NO8/c1-6-8-10-12-14-16-18-20-22-24-26-28-30-31-32-33-34-35-36-37-38-40-42-44-46-48-50-52-54-56-58-60-67(72)78-65(64-77-69(68(73)74)75-62-61-70(3,4)5)63-76-66(71)59-57-55-53-51-49-47-45-43-41-39-29-27-25-23-21-19-17-15-13-11-9-7-2/h8,10,14,16,20,22,26,28,31-32,34-35,37-38,42,44,65,69H,6-7,9,11-13,15,17-19,21,23-25,27,29-30,33,36,39-41,43,45-64H2,1-5H3/b10-8-,16-14-,22-20-,28-26-,32-31-,35-34-,38-37-,44-42-. The molecule has 78 heavy (non-hydrogen) atoms. The molecule has 0 saturated carbocycles. The lowest BCUT2D eigenvalue weighted by Crippen LogP contribution is -2.44. The van der Waals surface area contributed by atoms with Crippen molar-refractivity contribution < 1.29 is 42.9 Å². The fourth-order valence-electron chi connectivity index (χ4n) is 8.73. The van der Waals surface area contributed by atoms with E-state index in [0.29, 0.717) is 17.4 Å². The number of quaternary nitrogens is 1. The largest absolute Gasteiger partial charge is 0.545 e. The Morgan fingerprint density at radius 3 is 1.09 bits per heavy atom. The minimum Gasteiger partial charge on any atom is -0.545 e. The van der Waals surface area contributed by atoms with Gasteiger partial charge in [-0.1, -0.05) is 272 Å². The Labute approximate surface area is 480 Å². The summed E-state index contributed by atoms with van der Waals surface area (Å²) in [4.78, 5) is 37.4. The lowest BCUT2D eigenvalue weighted by atomic mass is 10.0. The third-order valence-electron chi connectivity index (χ3n) is 13.6. The number of hydrogen-bond donors (Lipinski definition) is 0. The molecule has 0 radical (unpaired) electrons. The van der Waals surface area contributed by atoms with Crippen LogP contribution in [0, 0.1) is 0 Å². The number of carbonyl (C=O) groups excluding carboxylic acids is 3. The number of carbonyl (C=O) groups is 3. The van der Waals surface area contributed by atoms with Gasteiger partial charge in [0.1, 0.15) is 13.2 Å². The van der Waals surface area contributed by atoms with Crippen LogP contribution in [0.25, 0.3) is 0 Å². The SMILES string of the molecule is CC/C=C\C/C=C\C/C=C\C/C=C\C/C=C\C/C=C\C/C=C\C/C=C\CCCCCCCCC(=O)OC(COC(=O)CCCCCCCCCCCCCCCCCCCCCCCC)COC(OCC[N+](C)(C)C)C(=O)[O-].